The first-order valence-electron chi connectivity index (χ1n) is 7.50. The van der Waals surface area contributed by atoms with Crippen molar-refractivity contribution < 1.29 is 18.0 Å². The van der Waals surface area contributed by atoms with Crippen LogP contribution in [0.1, 0.15) is 25.7 Å². The van der Waals surface area contributed by atoms with Crippen LogP contribution >= 0.6 is 0 Å². The predicted molar refractivity (Wildman–Crippen MR) is 79.4 cm³/mol. The Kier molecular flexibility index (Phi) is 4.14. The molecule has 2 atom stereocenters. The Morgan fingerprint density at radius 2 is 2.04 bits per heavy atom. The van der Waals surface area contributed by atoms with Crippen molar-refractivity contribution in [2.75, 3.05) is 5.43 Å². The number of urea groups is 1. The highest BCUT2D eigenvalue weighted by Crippen LogP contribution is 2.37. The lowest BCUT2D eigenvalue weighted by Gasteiger charge is -2.31. The molecule has 8 heteroatoms. The molecule has 0 radical (unpaired) electrons. The molecule has 2 amide bonds. The van der Waals surface area contributed by atoms with Crippen LogP contribution in [0.25, 0.3) is 11.0 Å². The monoisotopic (exact) mass is 326 g/mol. The van der Waals surface area contributed by atoms with Crippen LogP contribution in [0.4, 0.5) is 18.0 Å². The van der Waals surface area contributed by atoms with Gasteiger partial charge in [-0.25, -0.2) is 19.9 Å². The van der Waals surface area contributed by atoms with Crippen LogP contribution in [0.2, 0.25) is 0 Å². The zero-order valence-electron chi connectivity index (χ0n) is 12.3. The van der Waals surface area contributed by atoms with Gasteiger partial charge in [-0.3, -0.25) is 0 Å². The third-order valence-electron chi connectivity index (χ3n) is 4.15. The quantitative estimate of drug-likeness (QED) is 0.888. The number of amides is 2. The van der Waals surface area contributed by atoms with Gasteiger partial charge in [-0.2, -0.15) is 13.2 Å². The zero-order chi connectivity index (χ0) is 16.4. The molecule has 23 heavy (non-hydrogen) atoms. The number of carbonyl (C=O) groups is 1. The topological polar surface area (TPSA) is 59.0 Å². The highest BCUT2D eigenvalue weighted by Gasteiger charge is 2.42. The van der Waals surface area contributed by atoms with E-state index in [1.165, 1.54) is 11.0 Å². The Morgan fingerprint density at radius 1 is 1.26 bits per heavy atom. The first kappa shape index (κ1) is 15.6. The molecule has 2 N–H and O–H groups in total. The minimum Gasteiger partial charge on any atom is -0.334 e. The van der Waals surface area contributed by atoms with Crippen LogP contribution in [0.15, 0.2) is 30.6 Å². The molecule has 0 saturated heterocycles. The van der Waals surface area contributed by atoms with Crippen molar-refractivity contribution in [1.29, 1.82) is 0 Å². The maximum absolute atomic E-state index is 12.8. The van der Waals surface area contributed by atoms with Gasteiger partial charge in [0.05, 0.1) is 17.0 Å². The third kappa shape index (κ3) is 3.57. The molecule has 0 spiro atoms. The molecule has 1 heterocycles. The van der Waals surface area contributed by atoms with Crippen molar-refractivity contribution in [3.63, 3.8) is 0 Å². The largest absolute Gasteiger partial charge is 0.391 e. The van der Waals surface area contributed by atoms with Crippen molar-refractivity contribution in [3.8, 4) is 0 Å². The molecule has 2 unspecified atom stereocenters. The second-order valence-corrected chi connectivity index (χ2v) is 5.79. The van der Waals surface area contributed by atoms with Crippen molar-refractivity contribution in [2.24, 2.45) is 5.92 Å². The standard InChI is InChI=1S/C15H17F3N4O/c16-15(17,18)10-4-3-5-11(8-10)20-14(23)21-22-9-19-12-6-1-2-7-13(12)22/h1-2,6-7,9-11H,3-5,8H2,(H2,20,21,23). The molecule has 1 aliphatic rings. The van der Waals surface area contributed by atoms with Gasteiger partial charge >= 0.3 is 12.2 Å². The molecule has 1 aromatic heterocycles. The number of benzene rings is 1. The highest BCUT2D eigenvalue weighted by atomic mass is 19.4. The minimum atomic E-state index is -4.20. The Labute approximate surface area is 130 Å². The number of nitrogens with zero attached hydrogens (tertiary/aromatic N) is 2. The summed E-state index contributed by atoms with van der Waals surface area (Å²) in [6.45, 7) is 0. The molecule has 1 saturated carbocycles. The fraction of sp³-hybridized carbons (Fsp3) is 0.467. The molecule has 1 aliphatic carbocycles. The summed E-state index contributed by atoms with van der Waals surface area (Å²) in [4.78, 5) is 16.2. The van der Waals surface area contributed by atoms with Gasteiger partial charge in [0.15, 0.2) is 0 Å². The number of alkyl halides is 3. The summed E-state index contributed by atoms with van der Waals surface area (Å²) in [6.07, 6.45) is -1.65. The van der Waals surface area contributed by atoms with Gasteiger partial charge in [0.1, 0.15) is 6.33 Å². The molecule has 5 nitrogen and oxygen atoms in total. The van der Waals surface area contributed by atoms with Crippen LogP contribution in [-0.4, -0.2) is 27.9 Å². The van der Waals surface area contributed by atoms with Gasteiger partial charge in [0.2, 0.25) is 0 Å². The van der Waals surface area contributed by atoms with E-state index in [-0.39, 0.29) is 12.8 Å². The molecule has 0 aliphatic heterocycles. The Hall–Kier alpha value is -2.25. The number of hydrogen-bond acceptors (Lipinski definition) is 2. The van der Waals surface area contributed by atoms with Crippen molar-refractivity contribution >= 4 is 17.1 Å². The van der Waals surface area contributed by atoms with Crippen LogP contribution in [0.3, 0.4) is 0 Å². The smallest absolute Gasteiger partial charge is 0.334 e. The van der Waals surface area contributed by atoms with Gasteiger partial charge in [-0.1, -0.05) is 18.6 Å². The molecular formula is C15H17F3N4O. The van der Waals surface area contributed by atoms with Crippen LogP contribution < -0.4 is 10.7 Å². The number of imidazole rings is 1. The normalized spacial score (nSPS) is 22.0. The number of aromatic nitrogens is 2. The highest BCUT2D eigenvalue weighted by molar-refractivity contribution is 5.85. The average molecular weight is 326 g/mol. The number of hydrogen-bond donors (Lipinski definition) is 2. The van der Waals surface area contributed by atoms with Gasteiger partial charge in [-0.05, 0) is 31.4 Å². The first-order valence-corrected chi connectivity index (χ1v) is 7.50. The third-order valence-corrected chi connectivity index (χ3v) is 4.15. The summed E-state index contributed by atoms with van der Waals surface area (Å²) in [7, 11) is 0. The average Bonchev–Trinajstić information content (AvgIpc) is 2.90. The van der Waals surface area contributed by atoms with E-state index in [9.17, 15) is 18.0 Å². The number of rotatable bonds is 2. The minimum absolute atomic E-state index is 0.0679. The van der Waals surface area contributed by atoms with Gasteiger partial charge in [-0.15, -0.1) is 0 Å². The number of carbonyl (C=O) groups excluding carboxylic acids is 1. The van der Waals surface area contributed by atoms with Crippen molar-refractivity contribution in [3.05, 3.63) is 30.6 Å². The Bertz CT molecular complexity index is 697. The first-order chi connectivity index (χ1) is 10.9. The molecule has 1 fully saturated rings. The summed E-state index contributed by atoms with van der Waals surface area (Å²) in [5.74, 6) is -1.34. The van der Waals surface area contributed by atoms with Crippen molar-refractivity contribution in [1.82, 2.24) is 15.0 Å². The van der Waals surface area contributed by atoms with E-state index in [0.717, 1.165) is 11.0 Å². The van der Waals surface area contributed by atoms with Crippen LogP contribution in [-0.2, 0) is 0 Å². The maximum atomic E-state index is 12.8. The van der Waals surface area contributed by atoms with Gasteiger partial charge in [0.25, 0.3) is 0 Å². The number of nitrogens with one attached hydrogen (secondary N) is 2. The van der Waals surface area contributed by atoms with Crippen molar-refractivity contribution in [2.45, 2.75) is 37.9 Å². The van der Waals surface area contributed by atoms with Gasteiger partial charge in [0, 0.05) is 6.04 Å². The second-order valence-electron chi connectivity index (χ2n) is 5.79. The van der Waals surface area contributed by atoms with Crippen LogP contribution in [0, 0.1) is 5.92 Å². The van der Waals surface area contributed by atoms with Gasteiger partial charge < -0.3 is 5.32 Å². The summed E-state index contributed by atoms with van der Waals surface area (Å²) in [5, 5.41) is 2.63. The summed E-state index contributed by atoms with van der Waals surface area (Å²) in [6, 6.07) is 6.25. The zero-order valence-corrected chi connectivity index (χ0v) is 12.3. The Morgan fingerprint density at radius 3 is 2.83 bits per heavy atom. The van der Waals surface area contributed by atoms with Crippen LogP contribution in [0.5, 0.6) is 0 Å². The molecule has 2 aromatic rings. The molecular weight excluding hydrogens is 309 g/mol. The van der Waals surface area contributed by atoms with E-state index in [2.05, 4.69) is 15.7 Å². The maximum Gasteiger partial charge on any atom is 0.391 e. The second kappa shape index (κ2) is 6.10. The van der Waals surface area contributed by atoms with E-state index in [1.54, 1.807) is 12.1 Å². The number of halogens is 3. The SMILES string of the molecule is O=C(NC1CCCC(C(F)(F)F)C1)Nn1cnc2ccccc21. The predicted octanol–water partition coefficient (Wildman–Crippen LogP) is 3.41. The van der Waals surface area contributed by atoms with E-state index in [1.807, 2.05) is 12.1 Å². The number of para-hydroxylation sites is 2. The summed E-state index contributed by atoms with van der Waals surface area (Å²) < 4.78 is 39.8. The lowest BCUT2D eigenvalue weighted by Crippen LogP contribution is -2.44. The molecule has 3 rings (SSSR count). The van der Waals surface area contributed by atoms with E-state index >= 15 is 0 Å². The summed E-state index contributed by atoms with van der Waals surface area (Å²) >= 11 is 0. The molecule has 1 aromatic carbocycles. The van der Waals surface area contributed by atoms with E-state index in [4.69, 9.17) is 0 Å². The van der Waals surface area contributed by atoms with E-state index < -0.39 is 24.2 Å². The fourth-order valence-corrected chi connectivity index (χ4v) is 2.99. The molecule has 0 bridgehead atoms. The lowest BCUT2D eigenvalue weighted by atomic mass is 9.85. The summed E-state index contributed by atoms with van der Waals surface area (Å²) in [5.41, 5.74) is 4.04. The Balaban J connectivity index is 1.61. The lowest BCUT2D eigenvalue weighted by molar-refractivity contribution is -0.183. The molecule has 124 valence electrons. The number of fused-ring (bicyclic) bond motifs is 1. The fourth-order valence-electron chi connectivity index (χ4n) is 2.99. The van der Waals surface area contributed by atoms with E-state index in [0.29, 0.717) is 12.8 Å².